The van der Waals surface area contributed by atoms with Gasteiger partial charge in [-0.25, -0.2) is 0 Å². The molecule has 3 rings (SSSR count). The molecule has 0 bridgehead atoms. The van der Waals surface area contributed by atoms with Gasteiger partial charge in [0, 0.05) is 48.3 Å². The zero-order valence-corrected chi connectivity index (χ0v) is 21.4. The van der Waals surface area contributed by atoms with E-state index in [1.807, 2.05) is 0 Å². The van der Waals surface area contributed by atoms with Gasteiger partial charge in [0.15, 0.2) is 0 Å². The van der Waals surface area contributed by atoms with Crippen LogP contribution < -0.4 is 9.80 Å². The predicted molar refractivity (Wildman–Crippen MR) is 145 cm³/mol. The van der Waals surface area contributed by atoms with Crippen LogP contribution in [0.1, 0.15) is 60.7 Å². The second-order valence-electron chi connectivity index (χ2n) is 8.28. The van der Waals surface area contributed by atoms with Crippen molar-refractivity contribution in [2.75, 3.05) is 36.0 Å². The number of hydrogen-bond donors (Lipinski definition) is 0. The third-order valence-corrected chi connectivity index (χ3v) is 7.27. The monoisotopic (exact) mass is 446 g/mol. The number of rotatable bonds is 10. The van der Waals surface area contributed by atoms with Crippen LogP contribution in [-0.4, -0.2) is 26.2 Å². The first kappa shape index (κ1) is 24.1. The van der Waals surface area contributed by atoms with E-state index in [1.54, 1.807) is 11.3 Å². The fourth-order valence-electron chi connectivity index (χ4n) is 4.54. The Morgan fingerprint density at radius 3 is 1.62 bits per heavy atom. The van der Waals surface area contributed by atoms with Crippen LogP contribution in [0, 0.1) is 13.8 Å². The number of thiophene rings is 1. The fourth-order valence-corrected chi connectivity index (χ4v) is 5.17. The number of benzene rings is 2. The highest BCUT2D eigenvalue weighted by atomic mass is 32.1. The third-order valence-electron chi connectivity index (χ3n) is 6.43. The maximum Gasteiger partial charge on any atom is 0.0368 e. The van der Waals surface area contributed by atoms with Crippen molar-refractivity contribution in [2.24, 2.45) is 0 Å². The molecule has 0 amide bonds. The molecule has 0 aliphatic carbocycles. The normalized spacial score (nSPS) is 11.5. The number of nitrogens with zero attached hydrogens (tertiary/aromatic N) is 2. The molecule has 2 nitrogen and oxygen atoms in total. The predicted octanol–water partition coefficient (Wildman–Crippen LogP) is 7.90. The van der Waals surface area contributed by atoms with Gasteiger partial charge in [-0.05, 0) is 106 Å². The van der Waals surface area contributed by atoms with Crippen molar-refractivity contribution >= 4 is 28.8 Å². The third kappa shape index (κ3) is 5.45. The number of hydrogen-bond acceptors (Lipinski definition) is 3. The van der Waals surface area contributed by atoms with Crippen molar-refractivity contribution in [3.05, 3.63) is 87.1 Å². The minimum Gasteiger partial charge on any atom is -0.372 e. The maximum absolute atomic E-state index is 2.41. The zero-order valence-electron chi connectivity index (χ0n) is 20.6. The van der Waals surface area contributed by atoms with Crippen LogP contribution >= 0.6 is 11.3 Å². The van der Waals surface area contributed by atoms with Crippen molar-refractivity contribution in [2.45, 2.75) is 47.5 Å². The smallest absolute Gasteiger partial charge is 0.0368 e. The molecular weight excluding hydrogens is 408 g/mol. The molecule has 0 spiro atoms. The molecule has 0 aliphatic rings. The van der Waals surface area contributed by atoms with Gasteiger partial charge in [-0.15, -0.1) is 11.3 Å². The molecule has 2 aromatic carbocycles. The Bertz CT molecular complexity index is 950. The van der Waals surface area contributed by atoms with Gasteiger partial charge in [0.2, 0.25) is 0 Å². The first-order chi connectivity index (χ1) is 15.5. The Kier molecular flexibility index (Phi) is 8.58. The average Bonchev–Trinajstić information content (AvgIpc) is 3.31. The molecule has 0 aliphatic heterocycles. The van der Waals surface area contributed by atoms with E-state index in [4.69, 9.17) is 0 Å². The number of allylic oxidation sites excluding steroid dienone is 1. The molecule has 1 aromatic heterocycles. The van der Waals surface area contributed by atoms with E-state index >= 15 is 0 Å². The maximum atomic E-state index is 2.41. The summed E-state index contributed by atoms with van der Waals surface area (Å²) in [7, 11) is 0. The van der Waals surface area contributed by atoms with E-state index in [2.05, 4.69) is 117 Å². The molecule has 0 saturated heterocycles. The summed E-state index contributed by atoms with van der Waals surface area (Å²) >= 11 is 1.79. The van der Waals surface area contributed by atoms with Gasteiger partial charge in [0.25, 0.3) is 0 Å². The number of aryl methyl sites for hydroxylation is 2. The molecule has 3 heteroatoms. The van der Waals surface area contributed by atoms with Crippen molar-refractivity contribution in [1.82, 2.24) is 0 Å². The van der Waals surface area contributed by atoms with E-state index < -0.39 is 0 Å². The summed E-state index contributed by atoms with van der Waals surface area (Å²) in [5.41, 5.74) is 8.08. The summed E-state index contributed by atoms with van der Waals surface area (Å²) < 4.78 is 0. The van der Waals surface area contributed by atoms with Gasteiger partial charge in [-0.2, -0.15) is 0 Å². The van der Waals surface area contributed by atoms with Crippen LogP contribution in [-0.2, 0) is 0 Å². The molecule has 0 fully saturated rings. The van der Waals surface area contributed by atoms with E-state index in [0.717, 1.165) is 26.2 Å². The van der Waals surface area contributed by atoms with Crippen LogP contribution in [0.3, 0.4) is 0 Å². The van der Waals surface area contributed by atoms with Crippen molar-refractivity contribution in [3.8, 4) is 0 Å². The quantitative estimate of drug-likeness (QED) is 0.312. The van der Waals surface area contributed by atoms with Crippen molar-refractivity contribution < 1.29 is 0 Å². The fraction of sp³-hybridized carbons (Fsp3) is 0.379. The van der Waals surface area contributed by atoms with Gasteiger partial charge in [-0.1, -0.05) is 24.3 Å². The highest BCUT2D eigenvalue weighted by Crippen LogP contribution is 2.35. The van der Waals surface area contributed by atoms with Crippen molar-refractivity contribution in [1.29, 1.82) is 0 Å². The van der Waals surface area contributed by atoms with Gasteiger partial charge < -0.3 is 9.80 Å². The molecule has 3 aromatic rings. The summed E-state index contributed by atoms with van der Waals surface area (Å²) in [5, 5.41) is 2.14. The van der Waals surface area contributed by atoms with Crippen LogP contribution in [0.15, 0.2) is 60.0 Å². The minimum atomic E-state index is 0.230. The number of anilines is 2. The van der Waals surface area contributed by atoms with Crippen molar-refractivity contribution in [3.63, 3.8) is 0 Å². The summed E-state index contributed by atoms with van der Waals surface area (Å²) in [4.78, 5) is 6.12. The lowest BCUT2D eigenvalue weighted by Gasteiger charge is -2.26. The average molecular weight is 447 g/mol. The Hall–Kier alpha value is -2.52. The Morgan fingerprint density at radius 2 is 1.25 bits per heavy atom. The standard InChI is InChI=1S/C29H38N2S/c1-7-30(8-2)24-13-16-27(22(5)20-24)29(18-15-26-12-11-19-32-26)28-17-14-25(21-23(28)6)31(9-3)10-4/h11-21,29H,7-10H2,1-6H3. The topological polar surface area (TPSA) is 6.48 Å². The molecule has 0 radical (unpaired) electrons. The first-order valence-electron chi connectivity index (χ1n) is 11.9. The van der Waals surface area contributed by atoms with E-state index in [1.165, 1.54) is 38.5 Å². The Morgan fingerprint density at radius 1 is 0.750 bits per heavy atom. The molecular formula is C29H38N2S. The molecule has 0 unspecified atom stereocenters. The van der Waals surface area contributed by atoms with Gasteiger partial charge in [-0.3, -0.25) is 0 Å². The van der Waals surface area contributed by atoms with Crippen LogP contribution in [0.5, 0.6) is 0 Å². The summed E-state index contributed by atoms with van der Waals surface area (Å²) in [6.07, 6.45) is 4.66. The highest BCUT2D eigenvalue weighted by Gasteiger charge is 2.18. The van der Waals surface area contributed by atoms with E-state index in [-0.39, 0.29) is 5.92 Å². The molecule has 0 atom stereocenters. The van der Waals surface area contributed by atoms with Crippen LogP contribution in [0.25, 0.3) is 6.08 Å². The van der Waals surface area contributed by atoms with E-state index in [0.29, 0.717) is 0 Å². The molecule has 170 valence electrons. The lowest BCUT2D eigenvalue weighted by molar-refractivity contribution is 0.861. The van der Waals surface area contributed by atoms with Crippen LogP contribution in [0.2, 0.25) is 0 Å². The summed E-state index contributed by atoms with van der Waals surface area (Å²) in [5.74, 6) is 0.230. The molecule has 0 N–H and O–H groups in total. The molecule has 1 heterocycles. The lowest BCUT2D eigenvalue weighted by atomic mass is 9.85. The second kappa shape index (κ2) is 11.4. The highest BCUT2D eigenvalue weighted by molar-refractivity contribution is 7.10. The van der Waals surface area contributed by atoms with Gasteiger partial charge >= 0.3 is 0 Å². The zero-order chi connectivity index (χ0) is 23.1. The van der Waals surface area contributed by atoms with Crippen LogP contribution in [0.4, 0.5) is 11.4 Å². The Balaban J connectivity index is 2.05. The van der Waals surface area contributed by atoms with Gasteiger partial charge in [0.1, 0.15) is 0 Å². The summed E-state index contributed by atoms with van der Waals surface area (Å²) in [6, 6.07) is 18.3. The Labute approximate surface area is 199 Å². The second-order valence-corrected chi connectivity index (χ2v) is 9.26. The minimum absolute atomic E-state index is 0.230. The SMILES string of the molecule is CCN(CC)c1ccc(C(C=Cc2cccs2)c2ccc(N(CC)CC)cc2C)c(C)c1. The lowest BCUT2D eigenvalue weighted by Crippen LogP contribution is -2.22. The molecule has 0 saturated carbocycles. The first-order valence-corrected chi connectivity index (χ1v) is 12.8. The van der Waals surface area contributed by atoms with E-state index in [9.17, 15) is 0 Å². The molecule has 32 heavy (non-hydrogen) atoms. The summed E-state index contributed by atoms with van der Waals surface area (Å²) in [6.45, 7) is 17.5. The van der Waals surface area contributed by atoms with Gasteiger partial charge in [0.05, 0.1) is 0 Å². The largest absolute Gasteiger partial charge is 0.372 e.